The van der Waals surface area contributed by atoms with E-state index in [2.05, 4.69) is 48.3 Å². The maximum atomic E-state index is 5.30. The molecule has 0 unspecified atom stereocenters. The Labute approximate surface area is 117 Å². The van der Waals surface area contributed by atoms with E-state index in [1.165, 1.54) is 11.1 Å². The van der Waals surface area contributed by atoms with Gasteiger partial charge in [0.15, 0.2) is 0 Å². The standard InChI is InChI=1S/C16H14N2S/c1-10-7-8-12(11(2)9-10)15-13-5-3-4-6-14(13)16(19)18-17-15/h3-9H,1-2H3,(H,18,19). The first-order valence-electron chi connectivity index (χ1n) is 6.22. The summed E-state index contributed by atoms with van der Waals surface area (Å²) in [5, 5.41) is 9.53. The average Bonchev–Trinajstić information content (AvgIpc) is 2.41. The summed E-state index contributed by atoms with van der Waals surface area (Å²) in [5.41, 5.74) is 4.59. The lowest BCUT2D eigenvalue weighted by Crippen LogP contribution is -1.93. The second kappa shape index (κ2) is 4.59. The largest absolute Gasteiger partial charge is 0.267 e. The molecule has 2 nitrogen and oxygen atoms in total. The zero-order chi connectivity index (χ0) is 13.4. The fourth-order valence-corrected chi connectivity index (χ4v) is 2.62. The highest BCUT2D eigenvalue weighted by Crippen LogP contribution is 2.28. The highest BCUT2D eigenvalue weighted by Gasteiger charge is 2.09. The number of benzene rings is 2. The molecule has 0 saturated carbocycles. The molecule has 1 N–H and O–H groups in total. The summed E-state index contributed by atoms with van der Waals surface area (Å²) in [4.78, 5) is 0. The first kappa shape index (κ1) is 12.1. The molecule has 1 aromatic heterocycles. The van der Waals surface area contributed by atoms with Crippen LogP contribution >= 0.6 is 12.2 Å². The van der Waals surface area contributed by atoms with Crippen LogP contribution in [0.25, 0.3) is 22.0 Å². The molecule has 0 fully saturated rings. The number of nitrogens with one attached hydrogen (secondary N) is 1. The van der Waals surface area contributed by atoms with Gasteiger partial charge in [-0.25, -0.2) is 0 Å². The molecule has 0 aliphatic heterocycles. The number of aromatic amines is 1. The third-order valence-corrected chi connectivity index (χ3v) is 3.64. The summed E-state index contributed by atoms with van der Waals surface area (Å²) >= 11 is 5.30. The lowest BCUT2D eigenvalue weighted by molar-refractivity contribution is 1.04. The summed E-state index contributed by atoms with van der Waals surface area (Å²) in [5.74, 6) is 0. The Morgan fingerprint density at radius 3 is 2.47 bits per heavy atom. The second-order valence-electron chi connectivity index (χ2n) is 4.77. The molecule has 0 spiro atoms. The van der Waals surface area contributed by atoms with Crippen LogP contribution in [0.2, 0.25) is 0 Å². The first-order valence-corrected chi connectivity index (χ1v) is 6.62. The fourth-order valence-electron chi connectivity index (χ4n) is 2.40. The molecular weight excluding hydrogens is 252 g/mol. The molecule has 19 heavy (non-hydrogen) atoms. The van der Waals surface area contributed by atoms with E-state index >= 15 is 0 Å². The van der Waals surface area contributed by atoms with Crippen LogP contribution in [0, 0.1) is 18.5 Å². The minimum atomic E-state index is 0.684. The zero-order valence-electron chi connectivity index (χ0n) is 10.9. The highest BCUT2D eigenvalue weighted by atomic mass is 32.1. The van der Waals surface area contributed by atoms with Gasteiger partial charge in [0.25, 0.3) is 0 Å². The number of hydrogen-bond donors (Lipinski definition) is 1. The van der Waals surface area contributed by atoms with Crippen LogP contribution < -0.4 is 0 Å². The first-order chi connectivity index (χ1) is 9.16. The van der Waals surface area contributed by atoms with Gasteiger partial charge in [-0.3, -0.25) is 5.10 Å². The summed E-state index contributed by atoms with van der Waals surface area (Å²) in [6.45, 7) is 4.21. The quantitative estimate of drug-likeness (QED) is 0.653. The van der Waals surface area contributed by atoms with Crippen molar-refractivity contribution < 1.29 is 0 Å². The van der Waals surface area contributed by atoms with E-state index in [9.17, 15) is 0 Å². The van der Waals surface area contributed by atoms with E-state index in [0.717, 1.165) is 22.0 Å². The number of H-pyrrole nitrogens is 1. The molecular formula is C16H14N2S. The van der Waals surface area contributed by atoms with Crippen molar-refractivity contribution in [3.05, 3.63) is 58.2 Å². The van der Waals surface area contributed by atoms with Crippen LogP contribution in [0.5, 0.6) is 0 Å². The van der Waals surface area contributed by atoms with E-state index in [1.807, 2.05) is 18.2 Å². The molecule has 0 atom stereocenters. The third kappa shape index (κ3) is 2.06. The van der Waals surface area contributed by atoms with Crippen LogP contribution in [-0.2, 0) is 0 Å². The topological polar surface area (TPSA) is 28.7 Å². The van der Waals surface area contributed by atoms with Gasteiger partial charge in [0.2, 0.25) is 0 Å². The Kier molecular flexibility index (Phi) is 2.91. The molecule has 3 heteroatoms. The summed E-state index contributed by atoms with van der Waals surface area (Å²) in [6.07, 6.45) is 0. The molecule has 3 rings (SSSR count). The minimum Gasteiger partial charge on any atom is -0.267 e. The Balaban J connectivity index is 2.37. The van der Waals surface area contributed by atoms with E-state index in [-0.39, 0.29) is 0 Å². The number of nitrogens with zero attached hydrogens (tertiary/aromatic N) is 1. The van der Waals surface area contributed by atoms with Gasteiger partial charge >= 0.3 is 0 Å². The van der Waals surface area contributed by atoms with Crippen LogP contribution in [-0.4, -0.2) is 10.2 Å². The monoisotopic (exact) mass is 266 g/mol. The van der Waals surface area contributed by atoms with Crippen molar-refractivity contribution in [2.45, 2.75) is 13.8 Å². The molecule has 0 aliphatic carbocycles. The molecule has 0 radical (unpaired) electrons. The van der Waals surface area contributed by atoms with Crippen molar-refractivity contribution in [1.29, 1.82) is 0 Å². The fraction of sp³-hybridized carbons (Fsp3) is 0.125. The average molecular weight is 266 g/mol. The third-order valence-electron chi connectivity index (χ3n) is 3.33. The van der Waals surface area contributed by atoms with Crippen LogP contribution in [0.3, 0.4) is 0 Å². The smallest absolute Gasteiger partial charge is 0.127 e. The van der Waals surface area contributed by atoms with E-state index in [0.29, 0.717) is 4.64 Å². The lowest BCUT2D eigenvalue weighted by atomic mass is 9.99. The minimum absolute atomic E-state index is 0.684. The summed E-state index contributed by atoms with van der Waals surface area (Å²) < 4.78 is 0.684. The molecule has 0 aliphatic rings. The highest BCUT2D eigenvalue weighted by molar-refractivity contribution is 7.71. The predicted octanol–water partition coefficient (Wildman–Crippen LogP) is 4.58. The number of hydrogen-bond acceptors (Lipinski definition) is 2. The Bertz CT molecular complexity index is 818. The normalized spacial score (nSPS) is 10.8. The van der Waals surface area contributed by atoms with Gasteiger partial charge in [-0.1, -0.05) is 60.2 Å². The van der Waals surface area contributed by atoms with Gasteiger partial charge in [0.1, 0.15) is 4.64 Å². The van der Waals surface area contributed by atoms with Crippen molar-refractivity contribution in [2.75, 3.05) is 0 Å². The molecule has 0 bridgehead atoms. The number of aromatic nitrogens is 2. The molecule has 0 amide bonds. The SMILES string of the molecule is Cc1ccc(-c2n[nH]c(=S)c3ccccc23)c(C)c1. The Morgan fingerprint density at radius 1 is 1.00 bits per heavy atom. The van der Waals surface area contributed by atoms with E-state index < -0.39 is 0 Å². The van der Waals surface area contributed by atoms with Crippen molar-refractivity contribution in [2.24, 2.45) is 0 Å². The van der Waals surface area contributed by atoms with Crippen LogP contribution in [0.4, 0.5) is 0 Å². The summed E-state index contributed by atoms with van der Waals surface area (Å²) in [7, 11) is 0. The molecule has 0 saturated heterocycles. The van der Waals surface area contributed by atoms with Gasteiger partial charge < -0.3 is 0 Å². The molecule has 1 heterocycles. The van der Waals surface area contributed by atoms with E-state index in [4.69, 9.17) is 12.2 Å². The van der Waals surface area contributed by atoms with Crippen molar-refractivity contribution in [1.82, 2.24) is 10.2 Å². The maximum Gasteiger partial charge on any atom is 0.127 e. The number of fused-ring (bicyclic) bond motifs is 1. The second-order valence-corrected chi connectivity index (χ2v) is 5.17. The van der Waals surface area contributed by atoms with Crippen LogP contribution in [0.15, 0.2) is 42.5 Å². The number of aryl methyl sites for hydroxylation is 2. The molecule has 94 valence electrons. The maximum absolute atomic E-state index is 5.30. The number of rotatable bonds is 1. The molecule has 3 aromatic rings. The molecule has 2 aromatic carbocycles. The van der Waals surface area contributed by atoms with E-state index in [1.54, 1.807) is 0 Å². The van der Waals surface area contributed by atoms with Gasteiger partial charge in [-0.2, -0.15) is 5.10 Å². The van der Waals surface area contributed by atoms with Gasteiger partial charge in [0, 0.05) is 16.3 Å². The zero-order valence-corrected chi connectivity index (χ0v) is 11.7. The Hall–Kier alpha value is -2.00. The summed E-state index contributed by atoms with van der Waals surface area (Å²) in [6, 6.07) is 14.5. The van der Waals surface area contributed by atoms with Gasteiger partial charge in [-0.15, -0.1) is 0 Å². The van der Waals surface area contributed by atoms with Gasteiger partial charge in [-0.05, 0) is 19.4 Å². The van der Waals surface area contributed by atoms with Gasteiger partial charge in [0.05, 0.1) is 5.69 Å². The lowest BCUT2D eigenvalue weighted by Gasteiger charge is -2.09. The predicted molar refractivity (Wildman–Crippen MR) is 81.8 cm³/mol. The van der Waals surface area contributed by atoms with Crippen molar-refractivity contribution >= 4 is 23.0 Å². The van der Waals surface area contributed by atoms with Crippen molar-refractivity contribution in [3.8, 4) is 11.3 Å². The van der Waals surface area contributed by atoms with Crippen LogP contribution in [0.1, 0.15) is 11.1 Å². The van der Waals surface area contributed by atoms with Crippen molar-refractivity contribution in [3.63, 3.8) is 0 Å². The Morgan fingerprint density at radius 2 is 1.74 bits per heavy atom.